The Morgan fingerprint density at radius 1 is 1.11 bits per heavy atom. The Hall–Kier alpha value is -2.19. The van der Waals surface area contributed by atoms with E-state index in [2.05, 4.69) is 10.6 Å². The van der Waals surface area contributed by atoms with Gasteiger partial charge in [0.25, 0.3) is 0 Å². The molecule has 0 aromatic heterocycles. The van der Waals surface area contributed by atoms with Gasteiger partial charge in [0.1, 0.15) is 0 Å². The van der Waals surface area contributed by atoms with Gasteiger partial charge in [-0.1, -0.05) is 24.6 Å². The Labute approximate surface area is 172 Å². The maximum atomic E-state index is 13.0. The van der Waals surface area contributed by atoms with Gasteiger partial charge in [-0.15, -0.1) is 0 Å². The molecule has 0 aliphatic heterocycles. The van der Waals surface area contributed by atoms with Crippen molar-refractivity contribution < 1.29 is 22.6 Å². The van der Waals surface area contributed by atoms with Crippen LogP contribution in [0.2, 0.25) is 5.02 Å². The molecular formula is C19H20ClF3N2O2S. The SMILES string of the molecule is CC[C@H](NC(=S)Nc1ccc(Cl)c(C(F)(F)F)c1)c1ccc(OC)c(OC)c1. The summed E-state index contributed by atoms with van der Waals surface area (Å²) in [7, 11) is 3.09. The third kappa shape index (κ3) is 5.42. The average molecular weight is 433 g/mol. The van der Waals surface area contributed by atoms with Crippen LogP contribution in [0.5, 0.6) is 11.5 Å². The summed E-state index contributed by atoms with van der Waals surface area (Å²) in [6.07, 6.45) is -3.86. The molecule has 0 radical (unpaired) electrons. The zero-order valence-corrected chi connectivity index (χ0v) is 17.1. The molecule has 0 bridgehead atoms. The number of benzene rings is 2. The van der Waals surface area contributed by atoms with Crippen molar-refractivity contribution in [2.24, 2.45) is 0 Å². The summed E-state index contributed by atoms with van der Waals surface area (Å²) in [6.45, 7) is 1.96. The van der Waals surface area contributed by atoms with Crippen molar-refractivity contribution in [1.82, 2.24) is 5.32 Å². The topological polar surface area (TPSA) is 42.5 Å². The second kappa shape index (κ2) is 9.34. The molecule has 0 heterocycles. The Balaban J connectivity index is 2.15. The van der Waals surface area contributed by atoms with Crippen LogP contribution in [0.4, 0.5) is 18.9 Å². The van der Waals surface area contributed by atoms with Crippen LogP contribution >= 0.6 is 23.8 Å². The molecule has 0 amide bonds. The Morgan fingerprint density at radius 2 is 1.79 bits per heavy atom. The fourth-order valence-electron chi connectivity index (χ4n) is 2.64. The molecule has 152 valence electrons. The van der Waals surface area contributed by atoms with Crippen molar-refractivity contribution in [3.8, 4) is 11.5 Å². The lowest BCUT2D eigenvalue weighted by molar-refractivity contribution is -0.137. The molecule has 9 heteroatoms. The van der Waals surface area contributed by atoms with Gasteiger partial charge in [0.05, 0.1) is 30.8 Å². The zero-order chi connectivity index (χ0) is 20.9. The van der Waals surface area contributed by atoms with E-state index in [1.54, 1.807) is 20.3 Å². The van der Waals surface area contributed by atoms with Gasteiger partial charge in [-0.25, -0.2) is 0 Å². The van der Waals surface area contributed by atoms with Crippen molar-refractivity contribution >= 4 is 34.6 Å². The molecule has 0 fully saturated rings. The maximum Gasteiger partial charge on any atom is 0.417 e. The summed E-state index contributed by atoms with van der Waals surface area (Å²) in [6, 6.07) is 8.85. The van der Waals surface area contributed by atoms with Crippen LogP contribution in [-0.2, 0) is 6.18 Å². The summed E-state index contributed by atoms with van der Waals surface area (Å²) in [4.78, 5) is 0. The largest absolute Gasteiger partial charge is 0.493 e. The highest BCUT2D eigenvalue weighted by molar-refractivity contribution is 7.80. The number of hydrogen-bond acceptors (Lipinski definition) is 3. The minimum Gasteiger partial charge on any atom is -0.493 e. The van der Waals surface area contributed by atoms with Gasteiger partial charge in [-0.05, 0) is 54.5 Å². The van der Waals surface area contributed by atoms with Crippen LogP contribution in [0.25, 0.3) is 0 Å². The molecule has 2 aromatic carbocycles. The van der Waals surface area contributed by atoms with Gasteiger partial charge in [-0.3, -0.25) is 0 Å². The van der Waals surface area contributed by atoms with E-state index in [9.17, 15) is 13.2 Å². The fourth-order valence-corrected chi connectivity index (χ4v) is 3.12. The van der Waals surface area contributed by atoms with Gasteiger partial charge in [0.2, 0.25) is 0 Å². The van der Waals surface area contributed by atoms with Crippen molar-refractivity contribution in [2.45, 2.75) is 25.6 Å². The van der Waals surface area contributed by atoms with Gasteiger partial charge in [0, 0.05) is 5.69 Å². The molecule has 4 nitrogen and oxygen atoms in total. The molecule has 1 atom stereocenters. The molecule has 0 saturated heterocycles. The lowest BCUT2D eigenvalue weighted by atomic mass is 10.0. The minimum atomic E-state index is -4.55. The standard InChI is InChI=1S/C19H20ClF3N2O2S/c1-4-15(11-5-8-16(26-2)17(9-11)27-3)25-18(28)24-12-6-7-14(20)13(10-12)19(21,22)23/h5-10,15H,4H2,1-3H3,(H2,24,25,28)/t15-/m0/s1. The minimum absolute atomic E-state index is 0.172. The van der Waals surface area contributed by atoms with Crippen LogP contribution in [0, 0.1) is 0 Å². The van der Waals surface area contributed by atoms with Gasteiger partial charge in [-0.2, -0.15) is 13.2 Å². The lowest BCUT2D eigenvalue weighted by Gasteiger charge is -2.21. The highest BCUT2D eigenvalue weighted by Gasteiger charge is 2.33. The van der Waals surface area contributed by atoms with E-state index in [0.29, 0.717) is 17.9 Å². The van der Waals surface area contributed by atoms with E-state index in [1.165, 1.54) is 12.1 Å². The number of nitrogens with one attached hydrogen (secondary N) is 2. The first-order valence-corrected chi connectivity index (χ1v) is 9.14. The van der Waals surface area contributed by atoms with Crippen molar-refractivity contribution in [1.29, 1.82) is 0 Å². The first-order chi connectivity index (χ1) is 13.2. The summed E-state index contributed by atoms with van der Waals surface area (Å²) >= 11 is 10.9. The smallest absolute Gasteiger partial charge is 0.417 e. The number of methoxy groups -OCH3 is 2. The summed E-state index contributed by atoms with van der Waals surface area (Å²) in [5.41, 5.74) is 0.168. The van der Waals surface area contributed by atoms with Crippen molar-refractivity contribution in [3.63, 3.8) is 0 Å². The molecular weight excluding hydrogens is 413 g/mol. The molecule has 2 N–H and O–H groups in total. The third-order valence-corrected chi connectivity index (χ3v) is 4.60. The number of thiocarbonyl (C=S) groups is 1. The van der Waals surface area contributed by atoms with Crippen molar-refractivity contribution in [3.05, 3.63) is 52.5 Å². The normalized spacial score (nSPS) is 12.2. The van der Waals surface area contributed by atoms with Gasteiger partial charge < -0.3 is 20.1 Å². The quantitative estimate of drug-likeness (QED) is 0.563. The van der Waals surface area contributed by atoms with E-state index in [0.717, 1.165) is 11.6 Å². The average Bonchev–Trinajstić information content (AvgIpc) is 2.66. The summed E-state index contributed by atoms with van der Waals surface area (Å²) < 4.78 is 49.5. The van der Waals surface area contributed by atoms with Crippen LogP contribution in [0.3, 0.4) is 0 Å². The maximum absolute atomic E-state index is 13.0. The van der Waals surface area contributed by atoms with E-state index in [1.807, 2.05) is 19.1 Å². The lowest BCUT2D eigenvalue weighted by Crippen LogP contribution is -2.32. The highest BCUT2D eigenvalue weighted by Crippen LogP contribution is 2.36. The zero-order valence-electron chi connectivity index (χ0n) is 15.5. The molecule has 2 aromatic rings. The number of rotatable bonds is 6. The number of alkyl halides is 3. The highest BCUT2D eigenvalue weighted by atomic mass is 35.5. The molecule has 0 aliphatic carbocycles. The fraction of sp³-hybridized carbons (Fsp3) is 0.316. The van der Waals surface area contributed by atoms with Gasteiger partial charge in [0.15, 0.2) is 16.6 Å². The summed E-state index contributed by atoms with van der Waals surface area (Å²) in [5, 5.41) is 5.70. The molecule has 0 saturated carbocycles. The predicted molar refractivity (Wildman–Crippen MR) is 108 cm³/mol. The first kappa shape index (κ1) is 22.1. The Kier molecular flexibility index (Phi) is 7.37. The molecule has 0 spiro atoms. The number of anilines is 1. The van der Waals surface area contributed by atoms with E-state index in [4.69, 9.17) is 33.3 Å². The second-order valence-corrected chi connectivity index (χ2v) is 6.68. The first-order valence-electron chi connectivity index (χ1n) is 8.35. The van der Waals surface area contributed by atoms with Crippen LogP contribution in [-0.4, -0.2) is 19.3 Å². The van der Waals surface area contributed by atoms with Gasteiger partial charge >= 0.3 is 6.18 Å². The Morgan fingerprint density at radius 3 is 2.36 bits per heavy atom. The summed E-state index contributed by atoms with van der Waals surface area (Å²) in [5.74, 6) is 1.18. The Bertz CT molecular complexity index is 846. The van der Waals surface area contributed by atoms with Crippen LogP contribution in [0.15, 0.2) is 36.4 Å². The predicted octanol–water partition coefficient (Wildman–Crippen LogP) is 5.81. The van der Waals surface area contributed by atoms with E-state index < -0.39 is 11.7 Å². The number of ether oxygens (including phenoxy) is 2. The number of halogens is 4. The molecule has 2 rings (SSSR count). The van der Waals surface area contributed by atoms with Crippen LogP contribution in [0.1, 0.15) is 30.5 Å². The monoisotopic (exact) mass is 432 g/mol. The van der Waals surface area contributed by atoms with Crippen LogP contribution < -0.4 is 20.1 Å². The molecule has 0 aliphatic rings. The molecule has 28 heavy (non-hydrogen) atoms. The third-order valence-electron chi connectivity index (χ3n) is 4.05. The van der Waals surface area contributed by atoms with E-state index in [-0.39, 0.29) is 21.9 Å². The second-order valence-electron chi connectivity index (χ2n) is 5.87. The van der Waals surface area contributed by atoms with Crippen molar-refractivity contribution in [2.75, 3.05) is 19.5 Å². The molecule has 0 unspecified atom stereocenters. The number of hydrogen-bond donors (Lipinski definition) is 2. The van der Waals surface area contributed by atoms with E-state index >= 15 is 0 Å².